The van der Waals surface area contributed by atoms with E-state index in [0.29, 0.717) is 28.5 Å². The minimum Gasteiger partial charge on any atom is -0.497 e. The van der Waals surface area contributed by atoms with Gasteiger partial charge in [0, 0.05) is 17.3 Å². The third-order valence-electron chi connectivity index (χ3n) is 3.92. The number of hydrogen-bond donors (Lipinski definition) is 2. The largest absolute Gasteiger partial charge is 0.497 e. The first-order chi connectivity index (χ1) is 13.5. The van der Waals surface area contributed by atoms with Crippen molar-refractivity contribution in [3.05, 3.63) is 89.5 Å². The Bertz CT molecular complexity index is 989. The van der Waals surface area contributed by atoms with Crippen molar-refractivity contribution in [1.29, 1.82) is 0 Å². The molecule has 2 aromatic carbocycles. The van der Waals surface area contributed by atoms with E-state index < -0.39 is 5.91 Å². The molecule has 28 heavy (non-hydrogen) atoms. The summed E-state index contributed by atoms with van der Waals surface area (Å²) in [6.07, 6.45) is 1.49. The zero-order valence-electron chi connectivity index (χ0n) is 15.6. The van der Waals surface area contributed by atoms with E-state index in [1.54, 1.807) is 74.7 Å². The van der Waals surface area contributed by atoms with E-state index in [0.717, 1.165) is 0 Å². The molecule has 6 nitrogen and oxygen atoms in total. The molecule has 142 valence electrons. The Balaban J connectivity index is 1.83. The van der Waals surface area contributed by atoms with Crippen LogP contribution in [-0.2, 0) is 4.79 Å². The molecule has 0 unspecified atom stereocenters. The number of rotatable bonds is 6. The van der Waals surface area contributed by atoms with Crippen LogP contribution in [0.5, 0.6) is 5.75 Å². The molecule has 0 radical (unpaired) electrons. The third-order valence-corrected chi connectivity index (χ3v) is 3.92. The maximum Gasteiger partial charge on any atom is 0.272 e. The van der Waals surface area contributed by atoms with Gasteiger partial charge in [0.15, 0.2) is 0 Å². The van der Waals surface area contributed by atoms with E-state index in [1.165, 1.54) is 6.08 Å². The fourth-order valence-corrected chi connectivity index (χ4v) is 2.49. The van der Waals surface area contributed by atoms with Gasteiger partial charge in [-0.3, -0.25) is 9.59 Å². The standard InChI is InChI=1S/C22H20N2O4/c1-15-8-11-19(28-15)14-20(24-21(25)16-6-4-3-5-7-16)22(26)23-17-9-12-18(27-2)13-10-17/h3-14H,1-2H3,(H,23,26)(H,24,25)/b20-14+. The smallest absolute Gasteiger partial charge is 0.272 e. The monoisotopic (exact) mass is 376 g/mol. The predicted molar refractivity (Wildman–Crippen MR) is 107 cm³/mol. The van der Waals surface area contributed by atoms with Gasteiger partial charge in [0.05, 0.1) is 7.11 Å². The number of amides is 2. The maximum atomic E-state index is 12.8. The Morgan fingerprint density at radius 1 is 0.964 bits per heavy atom. The van der Waals surface area contributed by atoms with Gasteiger partial charge in [0.2, 0.25) is 0 Å². The number of furan rings is 1. The molecule has 0 aliphatic carbocycles. The highest BCUT2D eigenvalue weighted by Crippen LogP contribution is 2.17. The summed E-state index contributed by atoms with van der Waals surface area (Å²) in [5.41, 5.74) is 1.08. The molecule has 0 saturated carbocycles. The van der Waals surface area contributed by atoms with Gasteiger partial charge in [-0.2, -0.15) is 0 Å². The van der Waals surface area contributed by atoms with Crippen molar-refractivity contribution in [3.63, 3.8) is 0 Å². The second-order valence-electron chi connectivity index (χ2n) is 6.01. The van der Waals surface area contributed by atoms with Crippen LogP contribution in [0.15, 0.2) is 76.8 Å². The van der Waals surface area contributed by atoms with Gasteiger partial charge in [-0.05, 0) is 55.5 Å². The molecule has 2 N–H and O–H groups in total. The van der Waals surface area contributed by atoms with Gasteiger partial charge in [0.25, 0.3) is 11.8 Å². The number of ether oxygens (including phenoxy) is 1. The number of hydrogen-bond acceptors (Lipinski definition) is 4. The van der Waals surface area contributed by atoms with Crippen molar-refractivity contribution in [3.8, 4) is 5.75 Å². The fourth-order valence-electron chi connectivity index (χ4n) is 2.49. The Labute approximate surface area is 162 Å². The average molecular weight is 376 g/mol. The van der Waals surface area contributed by atoms with E-state index in [9.17, 15) is 9.59 Å². The summed E-state index contributed by atoms with van der Waals surface area (Å²) in [5, 5.41) is 5.42. The molecule has 1 heterocycles. The normalized spacial score (nSPS) is 11.0. The molecule has 0 aliphatic rings. The van der Waals surface area contributed by atoms with Crippen molar-refractivity contribution < 1.29 is 18.7 Å². The summed E-state index contributed by atoms with van der Waals surface area (Å²) in [6.45, 7) is 1.80. The molecule has 3 aromatic rings. The minimum absolute atomic E-state index is 0.0685. The quantitative estimate of drug-likeness (QED) is 0.637. The lowest BCUT2D eigenvalue weighted by Gasteiger charge is -2.11. The minimum atomic E-state index is -0.469. The van der Waals surface area contributed by atoms with E-state index in [4.69, 9.17) is 9.15 Å². The summed E-state index contributed by atoms with van der Waals surface area (Å²) < 4.78 is 10.6. The number of benzene rings is 2. The molecule has 6 heteroatoms. The third kappa shape index (κ3) is 4.88. The van der Waals surface area contributed by atoms with Crippen molar-refractivity contribution in [2.45, 2.75) is 6.92 Å². The number of methoxy groups -OCH3 is 1. The molecular formula is C22H20N2O4. The van der Waals surface area contributed by atoms with Crippen LogP contribution in [0, 0.1) is 6.92 Å². The highest BCUT2D eigenvalue weighted by atomic mass is 16.5. The van der Waals surface area contributed by atoms with Crippen molar-refractivity contribution in [1.82, 2.24) is 5.32 Å². The van der Waals surface area contributed by atoms with Crippen molar-refractivity contribution >= 4 is 23.6 Å². The summed E-state index contributed by atoms with van der Waals surface area (Å²) >= 11 is 0. The van der Waals surface area contributed by atoms with Crippen LogP contribution in [0.3, 0.4) is 0 Å². The van der Waals surface area contributed by atoms with Crippen LogP contribution < -0.4 is 15.4 Å². The van der Waals surface area contributed by atoms with Crippen LogP contribution in [0.1, 0.15) is 21.9 Å². The summed E-state index contributed by atoms with van der Waals surface area (Å²) in [7, 11) is 1.57. The van der Waals surface area contributed by atoms with Gasteiger partial charge in [-0.1, -0.05) is 18.2 Å². The Hall–Kier alpha value is -3.80. The highest BCUT2D eigenvalue weighted by molar-refractivity contribution is 6.10. The molecule has 3 rings (SSSR count). The summed E-state index contributed by atoms with van der Waals surface area (Å²) in [5.74, 6) is 0.988. The Morgan fingerprint density at radius 3 is 2.29 bits per heavy atom. The Morgan fingerprint density at radius 2 is 1.68 bits per heavy atom. The lowest BCUT2D eigenvalue weighted by atomic mass is 10.2. The highest BCUT2D eigenvalue weighted by Gasteiger charge is 2.16. The van der Waals surface area contributed by atoms with Crippen molar-refractivity contribution in [2.75, 3.05) is 12.4 Å². The maximum absolute atomic E-state index is 12.8. The predicted octanol–water partition coefficient (Wildman–Crippen LogP) is 4.01. The molecule has 0 aliphatic heterocycles. The number of nitrogens with one attached hydrogen (secondary N) is 2. The zero-order valence-corrected chi connectivity index (χ0v) is 15.6. The van der Waals surface area contributed by atoms with Gasteiger partial charge >= 0.3 is 0 Å². The summed E-state index contributed by atoms with van der Waals surface area (Å²) in [6, 6.07) is 19.1. The molecule has 0 bridgehead atoms. The second-order valence-corrected chi connectivity index (χ2v) is 6.01. The first-order valence-corrected chi connectivity index (χ1v) is 8.65. The van der Waals surface area contributed by atoms with E-state index >= 15 is 0 Å². The number of carbonyl (C=O) groups excluding carboxylic acids is 2. The molecular weight excluding hydrogens is 356 g/mol. The lowest BCUT2D eigenvalue weighted by molar-refractivity contribution is -0.113. The van der Waals surface area contributed by atoms with E-state index in [2.05, 4.69) is 10.6 Å². The van der Waals surface area contributed by atoms with Gasteiger partial charge in [0.1, 0.15) is 23.0 Å². The zero-order chi connectivity index (χ0) is 19.9. The van der Waals surface area contributed by atoms with Gasteiger partial charge < -0.3 is 19.8 Å². The van der Waals surface area contributed by atoms with Crippen LogP contribution >= 0.6 is 0 Å². The van der Waals surface area contributed by atoms with Crippen LogP contribution in [0.2, 0.25) is 0 Å². The molecule has 0 atom stereocenters. The lowest BCUT2D eigenvalue weighted by Crippen LogP contribution is -2.30. The van der Waals surface area contributed by atoms with Crippen molar-refractivity contribution in [2.24, 2.45) is 0 Å². The van der Waals surface area contributed by atoms with Crippen LogP contribution in [0.25, 0.3) is 6.08 Å². The first-order valence-electron chi connectivity index (χ1n) is 8.65. The SMILES string of the molecule is COc1ccc(NC(=O)/C(=C\c2ccc(C)o2)NC(=O)c2ccccc2)cc1. The molecule has 2 amide bonds. The average Bonchev–Trinajstić information content (AvgIpc) is 3.13. The van der Waals surface area contributed by atoms with E-state index in [1.807, 2.05) is 6.07 Å². The van der Waals surface area contributed by atoms with Crippen LogP contribution in [-0.4, -0.2) is 18.9 Å². The first kappa shape index (κ1) is 19.0. The molecule has 0 spiro atoms. The molecule has 0 saturated heterocycles. The number of anilines is 1. The second kappa shape index (κ2) is 8.73. The molecule has 0 fully saturated rings. The Kier molecular flexibility index (Phi) is 5.91. The number of carbonyl (C=O) groups is 2. The topological polar surface area (TPSA) is 80.6 Å². The fraction of sp³-hybridized carbons (Fsp3) is 0.0909. The number of aryl methyl sites for hydroxylation is 1. The van der Waals surface area contributed by atoms with Gasteiger partial charge in [-0.25, -0.2) is 0 Å². The van der Waals surface area contributed by atoms with E-state index in [-0.39, 0.29) is 11.6 Å². The summed E-state index contributed by atoms with van der Waals surface area (Å²) in [4.78, 5) is 25.3. The van der Waals surface area contributed by atoms with Crippen LogP contribution in [0.4, 0.5) is 5.69 Å². The molecule has 1 aromatic heterocycles. The van der Waals surface area contributed by atoms with Gasteiger partial charge in [-0.15, -0.1) is 0 Å².